The molecule has 0 aliphatic heterocycles. The molecular formula is C11H18N2O. The van der Waals surface area contributed by atoms with Gasteiger partial charge in [0.2, 0.25) is 0 Å². The summed E-state index contributed by atoms with van der Waals surface area (Å²) in [6.07, 6.45) is 2.33. The lowest BCUT2D eigenvalue weighted by molar-refractivity contribution is 0.415. The van der Waals surface area contributed by atoms with Crippen LogP contribution in [0.3, 0.4) is 0 Å². The summed E-state index contributed by atoms with van der Waals surface area (Å²) in [5.74, 6) is 0.832. The maximum atomic E-state index is 5.81. The highest BCUT2D eigenvalue weighted by atomic mass is 16.5. The van der Waals surface area contributed by atoms with Gasteiger partial charge in [-0.3, -0.25) is 0 Å². The van der Waals surface area contributed by atoms with Crippen molar-refractivity contribution < 1.29 is 4.74 Å². The number of methoxy groups -OCH3 is 1. The summed E-state index contributed by atoms with van der Waals surface area (Å²) in [6.45, 7) is 3.12. The molecule has 0 radical (unpaired) electrons. The van der Waals surface area contributed by atoms with Gasteiger partial charge in [0.05, 0.1) is 18.5 Å². The average molecular weight is 194 g/mol. The van der Waals surface area contributed by atoms with Crippen molar-refractivity contribution in [2.45, 2.75) is 19.8 Å². The Bertz CT molecular complexity index is 287. The summed E-state index contributed by atoms with van der Waals surface area (Å²) in [6, 6.07) is 5.64. The number of rotatable bonds is 5. The van der Waals surface area contributed by atoms with Crippen molar-refractivity contribution in [1.82, 2.24) is 0 Å². The minimum absolute atomic E-state index is 0.766. The first-order valence-corrected chi connectivity index (χ1v) is 4.95. The average Bonchev–Trinajstić information content (AvgIpc) is 2.21. The summed E-state index contributed by atoms with van der Waals surface area (Å²) in [7, 11) is 1.65. The van der Waals surface area contributed by atoms with Crippen LogP contribution in [0, 0.1) is 0 Å². The van der Waals surface area contributed by atoms with Gasteiger partial charge in [-0.25, -0.2) is 0 Å². The van der Waals surface area contributed by atoms with Crippen LogP contribution >= 0.6 is 0 Å². The first kappa shape index (κ1) is 10.7. The van der Waals surface area contributed by atoms with E-state index < -0.39 is 0 Å². The van der Waals surface area contributed by atoms with Crippen molar-refractivity contribution in [2.24, 2.45) is 0 Å². The molecule has 1 aromatic rings. The molecule has 0 saturated carbocycles. The Morgan fingerprint density at radius 3 is 2.86 bits per heavy atom. The lowest BCUT2D eigenvalue weighted by Crippen LogP contribution is -2.03. The van der Waals surface area contributed by atoms with Crippen molar-refractivity contribution in [1.29, 1.82) is 0 Å². The third-order valence-electron chi connectivity index (χ3n) is 2.11. The molecule has 0 amide bonds. The number of nitrogen functional groups attached to an aromatic ring is 1. The standard InChI is InChI=1S/C11H18N2O/c1-3-4-7-13-11-8-9(14-2)5-6-10(11)12/h5-6,8,13H,3-4,7,12H2,1-2H3. The zero-order valence-corrected chi connectivity index (χ0v) is 8.84. The van der Waals surface area contributed by atoms with E-state index in [1.54, 1.807) is 7.11 Å². The summed E-state index contributed by atoms with van der Waals surface area (Å²) < 4.78 is 5.12. The molecule has 0 unspecified atom stereocenters. The second-order valence-corrected chi connectivity index (χ2v) is 3.23. The zero-order valence-electron chi connectivity index (χ0n) is 8.84. The van der Waals surface area contributed by atoms with Gasteiger partial charge in [0, 0.05) is 12.6 Å². The highest BCUT2D eigenvalue weighted by Gasteiger charge is 1.99. The van der Waals surface area contributed by atoms with E-state index in [0.29, 0.717) is 0 Å². The predicted molar refractivity (Wildman–Crippen MR) is 60.8 cm³/mol. The van der Waals surface area contributed by atoms with Gasteiger partial charge < -0.3 is 15.8 Å². The Kier molecular flexibility index (Phi) is 4.11. The molecule has 0 saturated heterocycles. The second kappa shape index (κ2) is 5.37. The molecule has 1 aromatic carbocycles. The number of benzene rings is 1. The van der Waals surface area contributed by atoms with Crippen LogP contribution in [-0.4, -0.2) is 13.7 Å². The van der Waals surface area contributed by atoms with Crippen molar-refractivity contribution in [2.75, 3.05) is 24.7 Å². The van der Waals surface area contributed by atoms with E-state index >= 15 is 0 Å². The lowest BCUT2D eigenvalue weighted by Gasteiger charge is -2.10. The smallest absolute Gasteiger partial charge is 0.121 e. The first-order valence-electron chi connectivity index (χ1n) is 4.95. The molecule has 0 aromatic heterocycles. The van der Waals surface area contributed by atoms with E-state index in [2.05, 4.69) is 12.2 Å². The third-order valence-corrected chi connectivity index (χ3v) is 2.11. The Morgan fingerprint density at radius 1 is 1.43 bits per heavy atom. The van der Waals surface area contributed by atoms with E-state index in [9.17, 15) is 0 Å². The van der Waals surface area contributed by atoms with Crippen molar-refractivity contribution in [3.63, 3.8) is 0 Å². The fourth-order valence-electron chi connectivity index (χ4n) is 1.22. The molecule has 0 fully saturated rings. The molecule has 78 valence electrons. The van der Waals surface area contributed by atoms with Crippen LogP contribution in [0.25, 0.3) is 0 Å². The van der Waals surface area contributed by atoms with E-state index in [4.69, 9.17) is 10.5 Å². The summed E-state index contributed by atoms with van der Waals surface area (Å²) in [5, 5.41) is 3.28. The fraction of sp³-hybridized carbons (Fsp3) is 0.455. The number of nitrogens with one attached hydrogen (secondary N) is 1. The molecule has 0 bridgehead atoms. The molecular weight excluding hydrogens is 176 g/mol. The van der Waals surface area contributed by atoms with Gasteiger partial charge >= 0.3 is 0 Å². The number of nitrogens with two attached hydrogens (primary N) is 1. The van der Waals surface area contributed by atoms with E-state index in [1.807, 2.05) is 18.2 Å². The molecule has 3 nitrogen and oxygen atoms in total. The molecule has 0 atom stereocenters. The van der Waals surface area contributed by atoms with E-state index in [-0.39, 0.29) is 0 Å². The molecule has 1 rings (SSSR count). The summed E-state index contributed by atoms with van der Waals surface area (Å²) in [5.41, 5.74) is 7.53. The van der Waals surface area contributed by atoms with Crippen LogP contribution in [0.15, 0.2) is 18.2 Å². The Labute approximate surface area is 85.3 Å². The van der Waals surface area contributed by atoms with Crippen molar-refractivity contribution in [3.8, 4) is 5.75 Å². The van der Waals surface area contributed by atoms with Gasteiger partial charge in [-0.2, -0.15) is 0 Å². The van der Waals surface area contributed by atoms with Gasteiger partial charge in [-0.05, 0) is 18.6 Å². The maximum Gasteiger partial charge on any atom is 0.121 e. The summed E-state index contributed by atoms with van der Waals surface area (Å²) >= 11 is 0. The molecule has 3 heteroatoms. The number of ether oxygens (including phenoxy) is 1. The van der Waals surface area contributed by atoms with Crippen molar-refractivity contribution >= 4 is 11.4 Å². The van der Waals surface area contributed by atoms with Gasteiger partial charge in [0.25, 0.3) is 0 Å². The molecule has 3 N–H and O–H groups in total. The Balaban J connectivity index is 2.64. The van der Waals surface area contributed by atoms with E-state index in [0.717, 1.165) is 30.1 Å². The third kappa shape index (κ3) is 2.83. The molecule has 14 heavy (non-hydrogen) atoms. The zero-order chi connectivity index (χ0) is 10.4. The Morgan fingerprint density at radius 2 is 2.21 bits per heavy atom. The van der Waals surface area contributed by atoms with Crippen LogP contribution in [0.5, 0.6) is 5.75 Å². The fourth-order valence-corrected chi connectivity index (χ4v) is 1.22. The van der Waals surface area contributed by atoms with Crippen LogP contribution in [-0.2, 0) is 0 Å². The summed E-state index contributed by atoms with van der Waals surface area (Å²) in [4.78, 5) is 0. The predicted octanol–water partition coefficient (Wildman–Crippen LogP) is 2.49. The minimum Gasteiger partial charge on any atom is -0.497 e. The first-order chi connectivity index (χ1) is 6.77. The minimum atomic E-state index is 0.766. The van der Waals surface area contributed by atoms with Crippen LogP contribution in [0.2, 0.25) is 0 Å². The highest BCUT2D eigenvalue weighted by molar-refractivity contribution is 5.68. The van der Waals surface area contributed by atoms with Crippen molar-refractivity contribution in [3.05, 3.63) is 18.2 Å². The second-order valence-electron chi connectivity index (χ2n) is 3.23. The van der Waals surface area contributed by atoms with Gasteiger partial charge in [0.1, 0.15) is 5.75 Å². The quantitative estimate of drug-likeness (QED) is 0.559. The van der Waals surface area contributed by atoms with Crippen LogP contribution in [0.1, 0.15) is 19.8 Å². The topological polar surface area (TPSA) is 47.3 Å². The molecule has 0 spiro atoms. The number of unbranched alkanes of at least 4 members (excludes halogenated alkanes) is 1. The number of hydrogen-bond donors (Lipinski definition) is 2. The van der Waals surface area contributed by atoms with Crippen LogP contribution < -0.4 is 15.8 Å². The molecule has 0 heterocycles. The monoisotopic (exact) mass is 194 g/mol. The van der Waals surface area contributed by atoms with Gasteiger partial charge in [-0.1, -0.05) is 13.3 Å². The molecule has 0 aliphatic rings. The Hall–Kier alpha value is -1.38. The number of hydrogen-bond acceptors (Lipinski definition) is 3. The normalized spacial score (nSPS) is 9.86. The van der Waals surface area contributed by atoms with Gasteiger partial charge in [-0.15, -0.1) is 0 Å². The van der Waals surface area contributed by atoms with E-state index in [1.165, 1.54) is 6.42 Å². The largest absolute Gasteiger partial charge is 0.497 e. The highest BCUT2D eigenvalue weighted by Crippen LogP contribution is 2.24. The number of anilines is 2. The molecule has 0 aliphatic carbocycles. The maximum absolute atomic E-state index is 5.81. The van der Waals surface area contributed by atoms with Gasteiger partial charge in [0.15, 0.2) is 0 Å². The van der Waals surface area contributed by atoms with Crippen LogP contribution in [0.4, 0.5) is 11.4 Å². The lowest BCUT2D eigenvalue weighted by atomic mass is 10.2. The SMILES string of the molecule is CCCCNc1cc(OC)ccc1N.